The number of carbonyl (C=O) groups is 2. The maximum Gasteiger partial charge on any atom is 0.292 e. The van der Waals surface area contributed by atoms with Gasteiger partial charge < -0.3 is 10.1 Å². The second-order valence-electron chi connectivity index (χ2n) is 4.88. The summed E-state index contributed by atoms with van der Waals surface area (Å²) in [5.74, 6) is -0.560. The SMILES string of the molecule is COc1ccc(C(=O)C(=O)NC(C)(C)C)cc1Br. The number of carbonyl (C=O) groups excluding carboxylic acids is 2. The number of benzene rings is 1. The minimum absolute atomic E-state index is 0.324. The van der Waals surface area contributed by atoms with Crippen molar-refractivity contribution in [1.82, 2.24) is 5.32 Å². The van der Waals surface area contributed by atoms with E-state index < -0.39 is 17.2 Å². The van der Waals surface area contributed by atoms with Gasteiger partial charge >= 0.3 is 0 Å². The Morgan fingerprint density at radius 2 is 1.89 bits per heavy atom. The molecule has 0 bridgehead atoms. The van der Waals surface area contributed by atoms with E-state index in [1.54, 1.807) is 18.2 Å². The standard InChI is InChI=1S/C13H16BrNO3/c1-13(2,3)15-12(17)11(16)8-5-6-10(18-4)9(14)7-8/h5-7H,1-4H3,(H,15,17). The Morgan fingerprint density at radius 3 is 2.33 bits per heavy atom. The first-order valence-electron chi connectivity index (χ1n) is 5.45. The number of nitrogens with one attached hydrogen (secondary N) is 1. The first-order valence-corrected chi connectivity index (χ1v) is 6.24. The summed E-state index contributed by atoms with van der Waals surface area (Å²) in [4.78, 5) is 23.6. The summed E-state index contributed by atoms with van der Waals surface area (Å²) >= 11 is 3.28. The molecule has 0 aliphatic rings. The van der Waals surface area contributed by atoms with Crippen molar-refractivity contribution in [2.24, 2.45) is 0 Å². The van der Waals surface area contributed by atoms with Crippen molar-refractivity contribution in [1.29, 1.82) is 0 Å². The normalized spacial score (nSPS) is 10.9. The maximum absolute atomic E-state index is 11.9. The van der Waals surface area contributed by atoms with Crippen molar-refractivity contribution in [3.8, 4) is 5.75 Å². The average Bonchev–Trinajstić information content (AvgIpc) is 2.25. The molecule has 0 saturated heterocycles. The molecule has 0 unspecified atom stereocenters. The van der Waals surface area contributed by atoms with Gasteiger partial charge in [0.1, 0.15) is 5.75 Å². The van der Waals surface area contributed by atoms with Gasteiger partial charge in [-0.05, 0) is 54.9 Å². The minimum Gasteiger partial charge on any atom is -0.496 e. The summed E-state index contributed by atoms with van der Waals surface area (Å²) in [6.07, 6.45) is 0. The number of amides is 1. The lowest BCUT2D eigenvalue weighted by Crippen LogP contribution is -2.44. The summed E-state index contributed by atoms with van der Waals surface area (Å²) in [6.45, 7) is 5.46. The Labute approximate surface area is 115 Å². The van der Waals surface area contributed by atoms with E-state index in [1.807, 2.05) is 20.8 Å². The van der Waals surface area contributed by atoms with Gasteiger partial charge in [0.2, 0.25) is 5.78 Å². The van der Waals surface area contributed by atoms with Crippen LogP contribution in [0, 0.1) is 0 Å². The van der Waals surface area contributed by atoms with Gasteiger partial charge in [0.25, 0.3) is 5.91 Å². The van der Waals surface area contributed by atoms with Gasteiger partial charge in [-0.3, -0.25) is 9.59 Å². The van der Waals surface area contributed by atoms with E-state index in [2.05, 4.69) is 21.2 Å². The molecule has 1 N–H and O–H groups in total. The molecule has 0 heterocycles. The van der Waals surface area contributed by atoms with E-state index in [1.165, 1.54) is 7.11 Å². The van der Waals surface area contributed by atoms with Gasteiger partial charge in [-0.25, -0.2) is 0 Å². The van der Waals surface area contributed by atoms with Crippen LogP contribution in [0.1, 0.15) is 31.1 Å². The second-order valence-corrected chi connectivity index (χ2v) is 5.74. The first-order chi connectivity index (χ1) is 8.24. The quantitative estimate of drug-likeness (QED) is 0.689. The summed E-state index contributed by atoms with van der Waals surface area (Å²) < 4.78 is 5.70. The Morgan fingerprint density at radius 1 is 1.28 bits per heavy atom. The summed E-state index contributed by atoms with van der Waals surface area (Å²) in [7, 11) is 1.54. The monoisotopic (exact) mass is 313 g/mol. The predicted molar refractivity (Wildman–Crippen MR) is 72.9 cm³/mol. The number of Topliss-reactive ketones (excluding diaryl/α,β-unsaturated/α-hetero) is 1. The lowest BCUT2D eigenvalue weighted by atomic mass is 10.1. The molecule has 98 valence electrons. The Balaban J connectivity index is 2.91. The third-order valence-corrected chi connectivity index (χ3v) is 2.73. The van der Waals surface area contributed by atoms with Gasteiger partial charge in [0, 0.05) is 11.1 Å². The molecular formula is C13H16BrNO3. The third-order valence-electron chi connectivity index (χ3n) is 2.11. The number of methoxy groups -OCH3 is 1. The van der Waals surface area contributed by atoms with Crippen molar-refractivity contribution in [2.45, 2.75) is 26.3 Å². The zero-order valence-electron chi connectivity index (χ0n) is 10.8. The smallest absolute Gasteiger partial charge is 0.292 e. The van der Waals surface area contributed by atoms with Crippen molar-refractivity contribution < 1.29 is 14.3 Å². The second kappa shape index (κ2) is 5.52. The zero-order chi connectivity index (χ0) is 13.9. The fraction of sp³-hybridized carbons (Fsp3) is 0.385. The molecule has 0 atom stereocenters. The molecule has 0 spiro atoms. The average molecular weight is 314 g/mol. The molecule has 0 radical (unpaired) electrons. The topological polar surface area (TPSA) is 55.4 Å². The Bertz CT molecular complexity index is 478. The lowest BCUT2D eigenvalue weighted by Gasteiger charge is -2.19. The third kappa shape index (κ3) is 3.84. The predicted octanol–water partition coefficient (Wildman–Crippen LogP) is 2.56. The van der Waals surface area contributed by atoms with Crippen LogP contribution < -0.4 is 10.1 Å². The number of hydrogen-bond donors (Lipinski definition) is 1. The van der Waals surface area contributed by atoms with E-state index in [-0.39, 0.29) is 0 Å². The molecule has 18 heavy (non-hydrogen) atoms. The fourth-order valence-electron chi connectivity index (χ4n) is 1.34. The Hall–Kier alpha value is -1.36. The van der Waals surface area contributed by atoms with E-state index in [0.29, 0.717) is 15.8 Å². The number of rotatable bonds is 3. The molecule has 0 saturated carbocycles. The maximum atomic E-state index is 11.9. The fourth-order valence-corrected chi connectivity index (χ4v) is 1.88. The zero-order valence-corrected chi connectivity index (χ0v) is 12.4. The highest BCUT2D eigenvalue weighted by atomic mass is 79.9. The van der Waals surface area contributed by atoms with Crippen LogP contribution in [0.3, 0.4) is 0 Å². The van der Waals surface area contributed by atoms with Gasteiger partial charge in [-0.15, -0.1) is 0 Å². The lowest BCUT2D eigenvalue weighted by molar-refractivity contribution is -0.118. The van der Waals surface area contributed by atoms with Crippen LogP contribution in [0.5, 0.6) is 5.75 Å². The van der Waals surface area contributed by atoms with Crippen LogP contribution in [0.15, 0.2) is 22.7 Å². The molecule has 5 heteroatoms. The summed E-state index contributed by atoms with van der Waals surface area (Å²) in [5.41, 5.74) is -0.111. The van der Waals surface area contributed by atoms with Crippen LogP contribution in [0.25, 0.3) is 0 Å². The molecule has 1 aromatic rings. The molecular weight excluding hydrogens is 298 g/mol. The molecule has 0 aliphatic heterocycles. The molecule has 0 fully saturated rings. The van der Waals surface area contributed by atoms with Crippen LogP contribution in [0.2, 0.25) is 0 Å². The van der Waals surface area contributed by atoms with Gasteiger partial charge in [0.05, 0.1) is 11.6 Å². The number of ether oxygens (including phenoxy) is 1. The van der Waals surface area contributed by atoms with Crippen LogP contribution in [-0.2, 0) is 4.79 Å². The van der Waals surface area contributed by atoms with E-state index >= 15 is 0 Å². The largest absolute Gasteiger partial charge is 0.496 e. The van der Waals surface area contributed by atoms with Crippen LogP contribution in [-0.4, -0.2) is 24.3 Å². The summed E-state index contributed by atoms with van der Waals surface area (Å²) in [5, 5.41) is 2.63. The number of hydrogen-bond acceptors (Lipinski definition) is 3. The van der Waals surface area contributed by atoms with Crippen molar-refractivity contribution in [3.63, 3.8) is 0 Å². The molecule has 1 rings (SSSR count). The molecule has 4 nitrogen and oxygen atoms in total. The van der Waals surface area contributed by atoms with E-state index in [4.69, 9.17) is 4.74 Å². The van der Waals surface area contributed by atoms with Gasteiger partial charge in [-0.2, -0.15) is 0 Å². The van der Waals surface area contributed by atoms with E-state index in [9.17, 15) is 9.59 Å². The summed E-state index contributed by atoms with van der Waals surface area (Å²) in [6, 6.07) is 4.78. The molecule has 1 amide bonds. The minimum atomic E-state index is -0.612. The molecule has 1 aromatic carbocycles. The van der Waals surface area contributed by atoms with Crippen molar-refractivity contribution >= 4 is 27.6 Å². The molecule has 0 aromatic heterocycles. The van der Waals surface area contributed by atoms with Crippen molar-refractivity contribution in [2.75, 3.05) is 7.11 Å². The van der Waals surface area contributed by atoms with Crippen LogP contribution >= 0.6 is 15.9 Å². The highest BCUT2D eigenvalue weighted by molar-refractivity contribution is 9.10. The van der Waals surface area contributed by atoms with Gasteiger partial charge in [0.15, 0.2) is 0 Å². The highest BCUT2D eigenvalue weighted by Crippen LogP contribution is 2.25. The van der Waals surface area contributed by atoms with Gasteiger partial charge in [-0.1, -0.05) is 0 Å². The highest BCUT2D eigenvalue weighted by Gasteiger charge is 2.22. The number of ketones is 1. The molecule has 0 aliphatic carbocycles. The van der Waals surface area contributed by atoms with Crippen molar-refractivity contribution in [3.05, 3.63) is 28.2 Å². The number of halogens is 1. The Kier molecular flexibility index (Phi) is 4.51. The van der Waals surface area contributed by atoms with Crippen LogP contribution in [0.4, 0.5) is 0 Å². The van der Waals surface area contributed by atoms with E-state index in [0.717, 1.165) is 0 Å². The first kappa shape index (κ1) is 14.7.